The van der Waals surface area contributed by atoms with Crippen molar-refractivity contribution in [2.75, 3.05) is 0 Å². The molecule has 0 heterocycles. The quantitative estimate of drug-likeness (QED) is 0.512. The zero-order valence-corrected chi connectivity index (χ0v) is 17.4. The zero-order valence-electron chi connectivity index (χ0n) is 17.4. The molecule has 136 valence electrons. The molecule has 2 rings (SSSR count). The molecule has 1 nitrogen and oxygen atoms in total. The summed E-state index contributed by atoms with van der Waals surface area (Å²) >= 11 is 0. The Morgan fingerprint density at radius 3 is 1.24 bits per heavy atom. The highest BCUT2D eigenvalue weighted by Gasteiger charge is 2.56. The highest BCUT2D eigenvalue weighted by Crippen LogP contribution is 2.52. The van der Waals surface area contributed by atoms with E-state index in [0.717, 1.165) is 10.9 Å². The molecule has 25 heavy (non-hydrogen) atoms. The van der Waals surface area contributed by atoms with E-state index in [4.69, 9.17) is 0 Å². The second-order valence-corrected chi connectivity index (χ2v) is 10.1. The maximum absolute atomic E-state index is 2.43. The summed E-state index contributed by atoms with van der Waals surface area (Å²) in [4.78, 5) is 0. The largest absolute Gasteiger partial charge is 0.250 e. The van der Waals surface area contributed by atoms with Gasteiger partial charge in [0.25, 0.3) is 0 Å². The Labute approximate surface area is 155 Å². The summed E-state index contributed by atoms with van der Waals surface area (Å²) in [6, 6.07) is 22.1. The first-order valence-electron chi connectivity index (χ1n) is 9.42. The predicted octanol–water partition coefficient (Wildman–Crippen LogP) is 7.34. The van der Waals surface area contributed by atoms with Crippen LogP contribution < -0.4 is 4.48 Å². The Morgan fingerprint density at radius 2 is 0.960 bits per heavy atom. The summed E-state index contributed by atoms with van der Waals surface area (Å²) < 4.78 is 0.832. The lowest BCUT2D eigenvalue weighted by Gasteiger charge is -2.58. The van der Waals surface area contributed by atoms with E-state index in [1.807, 2.05) is 0 Å². The van der Waals surface area contributed by atoms with Gasteiger partial charge in [0, 0.05) is 6.42 Å². The normalized spacial score (nSPS) is 13.8. The number of para-hydroxylation sites is 2. The van der Waals surface area contributed by atoms with E-state index in [1.165, 1.54) is 11.4 Å². The van der Waals surface area contributed by atoms with Crippen molar-refractivity contribution in [1.29, 1.82) is 0 Å². The van der Waals surface area contributed by atoms with E-state index in [-0.39, 0.29) is 16.5 Å². The predicted molar refractivity (Wildman–Crippen MR) is 112 cm³/mol. The summed E-state index contributed by atoms with van der Waals surface area (Å²) in [5.41, 5.74) is 3.00. The van der Waals surface area contributed by atoms with E-state index < -0.39 is 0 Å². The van der Waals surface area contributed by atoms with Gasteiger partial charge in [-0.3, -0.25) is 4.48 Å². The topological polar surface area (TPSA) is 0 Å². The van der Waals surface area contributed by atoms with Crippen molar-refractivity contribution in [2.24, 2.45) is 5.41 Å². The first kappa shape index (κ1) is 19.7. The van der Waals surface area contributed by atoms with Crippen molar-refractivity contribution in [3.05, 3.63) is 60.7 Å². The molecule has 0 bridgehead atoms. The third kappa shape index (κ3) is 3.67. The molecule has 0 saturated heterocycles. The van der Waals surface area contributed by atoms with Gasteiger partial charge in [-0.15, -0.1) is 0 Å². The molecule has 0 N–H and O–H groups in total. The van der Waals surface area contributed by atoms with Gasteiger partial charge < -0.3 is 0 Å². The van der Waals surface area contributed by atoms with Gasteiger partial charge in [0.2, 0.25) is 0 Å². The average molecular weight is 339 g/mol. The van der Waals surface area contributed by atoms with Crippen molar-refractivity contribution in [3.63, 3.8) is 0 Å². The van der Waals surface area contributed by atoms with Crippen LogP contribution in [0.25, 0.3) is 0 Å². The fourth-order valence-corrected chi connectivity index (χ4v) is 5.25. The van der Waals surface area contributed by atoms with E-state index in [0.29, 0.717) is 0 Å². The number of hydrogen-bond donors (Lipinski definition) is 0. The fraction of sp³-hybridized carbons (Fsp3) is 0.500. The molecule has 0 atom stereocenters. The third-order valence-corrected chi connectivity index (χ3v) is 5.16. The lowest BCUT2D eigenvalue weighted by Crippen LogP contribution is -2.69. The number of nitrogens with zero attached hydrogens (tertiary/aromatic N) is 1. The van der Waals surface area contributed by atoms with E-state index in [2.05, 4.69) is 116 Å². The first-order chi connectivity index (χ1) is 11.4. The van der Waals surface area contributed by atoms with Gasteiger partial charge in [0.1, 0.15) is 22.5 Å². The van der Waals surface area contributed by atoms with Gasteiger partial charge in [0.15, 0.2) is 0 Å². The van der Waals surface area contributed by atoms with Gasteiger partial charge in [-0.2, -0.15) is 0 Å². The van der Waals surface area contributed by atoms with Crippen LogP contribution in [0, 0.1) is 5.41 Å². The van der Waals surface area contributed by atoms with Crippen LogP contribution in [0.4, 0.5) is 11.4 Å². The minimum atomic E-state index is 0.0114. The second kappa shape index (κ2) is 6.61. The molecule has 0 aliphatic heterocycles. The zero-order chi connectivity index (χ0) is 18.9. The molecule has 0 fully saturated rings. The Hall–Kier alpha value is -1.60. The molecule has 0 spiro atoms. The molecular weight excluding hydrogens is 302 g/mol. The van der Waals surface area contributed by atoms with Crippen LogP contribution in [0.3, 0.4) is 0 Å². The molecule has 0 saturated carbocycles. The average Bonchev–Trinajstić information content (AvgIpc) is 2.45. The van der Waals surface area contributed by atoms with E-state index in [9.17, 15) is 0 Å². The van der Waals surface area contributed by atoms with Gasteiger partial charge in [-0.05, 0) is 64.3 Å². The Balaban J connectivity index is 2.87. The molecule has 0 aromatic heterocycles. The van der Waals surface area contributed by atoms with Gasteiger partial charge in [0.05, 0.1) is 0 Å². The fourth-order valence-electron chi connectivity index (χ4n) is 5.25. The van der Waals surface area contributed by atoms with Crippen LogP contribution in [0.5, 0.6) is 0 Å². The van der Waals surface area contributed by atoms with Gasteiger partial charge >= 0.3 is 0 Å². The van der Waals surface area contributed by atoms with E-state index in [1.54, 1.807) is 0 Å². The maximum Gasteiger partial charge on any atom is 0.138 e. The lowest BCUT2D eigenvalue weighted by atomic mass is 9.75. The van der Waals surface area contributed by atoms with Crippen molar-refractivity contribution in [3.8, 4) is 0 Å². The van der Waals surface area contributed by atoms with Gasteiger partial charge in [-0.1, -0.05) is 57.2 Å². The first-order valence-corrected chi connectivity index (χ1v) is 9.42. The van der Waals surface area contributed by atoms with Crippen molar-refractivity contribution < 1.29 is 0 Å². The summed E-state index contributed by atoms with van der Waals surface area (Å²) in [6.07, 6.45) is 1.13. The number of hydrogen-bond acceptors (Lipinski definition) is 0. The summed E-state index contributed by atoms with van der Waals surface area (Å²) in [7, 11) is 0. The summed E-state index contributed by atoms with van der Waals surface area (Å²) in [5.74, 6) is 0. The molecule has 2 aromatic carbocycles. The minimum Gasteiger partial charge on any atom is -0.250 e. The number of benzene rings is 2. The molecule has 0 aliphatic rings. The van der Waals surface area contributed by atoms with Crippen LogP contribution in [0.15, 0.2) is 60.7 Å². The second-order valence-electron chi connectivity index (χ2n) is 10.1. The van der Waals surface area contributed by atoms with Gasteiger partial charge in [-0.25, -0.2) is 0 Å². The van der Waals surface area contributed by atoms with Crippen molar-refractivity contribution in [2.45, 2.75) is 72.9 Å². The lowest BCUT2D eigenvalue weighted by molar-refractivity contribution is 0.0614. The molecule has 0 radical (unpaired) electrons. The summed E-state index contributed by atoms with van der Waals surface area (Å²) in [6.45, 7) is 19.0. The highest BCUT2D eigenvalue weighted by atomic mass is 15.5. The number of quaternary nitrogens is 1. The van der Waals surface area contributed by atoms with Crippen LogP contribution in [-0.4, -0.2) is 11.1 Å². The Kier molecular flexibility index (Phi) is 5.21. The van der Waals surface area contributed by atoms with Crippen LogP contribution in [0.2, 0.25) is 0 Å². The standard InChI is InChI=1S/C24H36N/c1-22(2,3)19-24(7,8)25(23(4,5)6,20-15-11-9-12-16-20)21-17-13-10-14-18-21/h9-18H,19H2,1-8H3/q+1. The monoisotopic (exact) mass is 338 g/mol. The maximum atomic E-state index is 2.43. The van der Waals surface area contributed by atoms with Crippen LogP contribution in [-0.2, 0) is 0 Å². The van der Waals surface area contributed by atoms with E-state index >= 15 is 0 Å². The molecule has 1 heteroatoms. The molecule has 0 aliphatic carbocycles. The number of rotatable bonds is 4. The smallest absolute Gasteiger partial charge is 0.138 e. The minimum absolute atomic E-state index is 0.0114. The SMILES string of the molecule is CC(C)(C)CC(C)(C)[N+](c1ccccc1)(c1ccccc1)C(C)(C)C. The molecule has 2 aromatic rings. The van der Waals surface area contributed by atoms with Crippen molar-refractivity contribution in [1.82, 2.24) is 4.48 Å². The summed E-state index contributed by atoms with van der Waals surface area (Å²) in [5, 5.41) is 0. The third-order valence-electron chi connectivity index (χ3n) is 5.16. The Morgan fingerprint density at radius 1 is 0.600 bits per heavy atom. The van der Waals surface area contributed by atoms with Crippen LogP contribution >= 0.6 is 0 Å². The van der Waals surface area contributed by atoms with Crippen LogP contribution in [0.1, 0.15) is 61.8 Å². The van der Waals surface area contributed by atoms with Crippen molar-refractivity contribution >= 4 is 11.4 Å². The molecule has 0 amide bonds. The molecule has 0 unspecified atom stereocenters. The Bertz CT molecular complexity index is 630. The highest BCUT2D eigenvalue weighted by molar-refractivity contribution is 5.62. The molecular formula is C24H36N+.